The molecule has 0 radical (unpaired) electrons. The average Bonchev–Trinajstić information content (AvgIpc) is 2.34. The second kappa shape index (κ2) is 5.91. The predicted molar refractivity (Wildman–Crippen MR) is 74.9 cm³/mol. The molecule has 0 aliphatic heterocycles. The summed E-state index contributed by atoms with van der Waals surface area (Å²) in [5.41, 5.74) is 0.688. The lowest BCUT2D eigenvalue weighted by Crippen LogP contribution is -1.96. The smallest absolute Gasteiger partial charge is 0.142 e. The number of hydrogen-bond donors (Lipinski definition) is 0. The molecule has 0 atom stereocenters. The fourth-order valence-electron chi connectivity index (χ4n) is 1.38. The van der Waals surface area contributed by atoms with Crippen molar-refractivity contribution in [1.29, 1.82) is 0 Å². The molecule has 2 rings (SSSR count). The first-order chi connectivity index (χ1) is 8.56. The zero-order chi connectivity index (χ0) is 13.1. The summed E-state index contributed by atoms with van der Waals surface area (Å²) in [6.45, 7) is 0.226. The highest BCUT2D eigenvalue weighted by atomic mass is 79.9. The summed E-state index contributed by atoms with van der Waals surface area (Å²) < 4.78 is 19.6. The van der Waals surface area contributed by atoms with Gasteiger partial charge in [-0.2, -0.15) is 0 Å². The molecular weight excluding hydrogens is 342 g/mol. The SMILES string of the molecule is Fc1cc(COc2cc(Br)ccc2Cl)ccc1Cl. The van der Waals surface area contributed by atoms with Gasteiger partial charge in [0.1, 0.15) is 18.2 Å². The van der Waals surface area contributed by atoms with Gasteiger partial charge in [-0.1, -0.05) is 45.2 Å². The van der Waals surface area contributed by atoms with Crippen LogP contribution in [0.1, 0.15) is 5.56 Å². The average molecular weight is 350 g/mol. The second-order valence-corrected chi connectivity index (χ2v) is 5.34. The molecule has 94 valence electrons. The topological polar surface area (TPSA) is 9.23 Å². The van der Waals surface area contributed by atoms with Crippen LogP contribution in [0, 0.1) is 5.82 Å². The summed E-state index contributed by atoms with van der Waals surface area (Å²) in [6, 6.07) is 9.85. The van der Waals surface area contributed by atoms with E-state index in [-0.39, 0.29) is 11.6 Å². The summed E-state index contributed by atoms with van der Waals surface area (Å²) >= 11 is 14.9. The van der Waals surface area contributed by atoms with E-state index in [9.17, 15) is 4.39 Å². The van der Waals surface area contributed by atoms with Crippen molar-refractivity contribution in [1.82, 2.24) is 0 Å². The van der Waals surface area contributed by atoms with Crippen LogP contribution in [0.4, 0.5) is 4.39 Å². The molecule has 2 aromatic rings. The Morgan fingerprint density at radius 3 is 2.50 bits per heavy atom. The molecule has 0 heterocycles. The summed E-state index contributed by atoms with van der Waals surface area (Å²) in [7, 11) is 0. The van der Waals surface area contributed by atoms with Crippen LogP contribution in [-0.4, -0.2) is 0 Å². The van der Waals surface area contributed by atoms with Crippen molar-refractivity contribution in [2.24, 2.45) is 0 Å². The molecule has 0 N–H and O–H groups in total. The van der Waals surface area contributed by atoms with E-state index in [1.807, 2.05) is 6.07 Å². The minimum Gasteiger partial charge on any atom is -0.487 e. The molecule has 0 fully saturated rings. The Hall–Kier alpha value is -0.770. The molecular formula is C13H8BrCl2FO. The number of hydrogen-bond acceptors (Lipinski definition) is 1. The molecule has 0 saturated carbocycles. The van der Waals surface area contributed by atoms with Crippen LogP contribution >= 0.6 is 39.1 Å². The van der Waals surface area contributed by atoms with Gasteiger partial charge >= 0.3 is 0 Å². The first kappa shape index (κ1) is 13.7. The van der Waals surface area contributed by atoms with Crippen molar-refractivity contribution in [2.75, 3.05) is 0 Å². The first-order valence-electron chi connectivity index (χ1n) is 5.08. The molecule has 5 heteroatoms. The Bertz CT molecular complexity index is 575. The van der Waals surface area contributed by atoms with Crippen LogP contribution in [0.3, 0.4) is 0 Å². The van der Waals surface area contributed by atoms with Gasteiger partial charge in [0.2, 0.25) is 0 Å². The lowest BCUT2D eigenvalue weighted by Gasteiger charge is -2.09. The molecule has 0 bridgehead atoms. The lowest BCUT2D eigenvalue weighted by molar-refractivity contribution is 0.305. The van der Waals surface area contributed by atoms with Crippen molar-refractivity contribution in [3.63, 3.8) is 0 Å². The highest BCUT2D eigenvalue weighted by Crippen LogP contribution is 2.28. The standard InChI is InChI=1S/C13H8BrCl2FO/c14-9-2-4-11(16)13(6-9)18-7-8-1-3-10(15)12(17)5-8/h1-6H,7H2. The quantitative estimate of drug-likeness (QED) is 0.713. The zero-order valence-corrected chi connectivity index (χ0v) is 12.2. The van der Waals surface area contributed by atoms with Crippen molar-refractivity contribution in [3.8, 4) is 5.75 Å². The van der Waals surface area contributed by atoms with E-state index in [1.54, 1.807) is 18.2 Å². The van der Waals surface area contributed by atoms with Gasteiger partial charge in [-0.25, -0.2) is 4.39 Å². The third-order valence-corrected chi connectivity index (χ3v) is 3.38. The number of benzene rings is 2. The minimum atomic E-state index is -0.460. The van der Waals surface area contributed by atoms with Gasteiger partial charge in [0.05, 0.1) is 10.0 Å². The molecule has 0 saturated heterocycles. The molecule has 0 amide bonds. The van der Waals surface area contributed by atoms with Crippen LogP contribution in [0.25, 0.3) is 0 Å². The fourth-order valence-corrected chi connectivity index (χ4v) is 2.01. The van der Waals surface area contributed by atoms with E-state index in [4.69, 9.17) is 27.9 Å². The number of halogens is 4. The Morgan fingerprint density at radius 2 is 1.78 bits per heavy atom. The Morgan fingerprint density at radius 1 is 1.06 bits per heavy atom. The van der Waals surface area contributed by atoms with Gasteiger partial charge in [-0.05, 0) is 35.9 Å². The highest BCUT2D eigenvalue weighted by Gasteiger charge is 2.05. The Kier molecular flexibility index (Phi) is 4.49. The monoisotopic (exact) mass is 348 g/mol. The molecule has 1 nitrogen and oxygen atoms in total. The summed E-state index contributed by atoms with van der Waals surface area (Å²) in [4.78, 5) is 0. The maximum Gasteiger partial charge on any atom is 0.142 e. The molecule has 0 spiro atoms. The van der Waals surface area contributed by atoms with Gasteiger partial charge in [-0.15, -0.1) is 0 Å². The molecule has 2 aromatic carbocycles. The predicted octanol–water partition coefficient (Wildman–Crippen LogP) is 5.47. The highest BCUT2D eigenvalue weighted by molar-refractivity contribution is 9.10. The molecule has 0 aliphatic rings. The lowest BCUT2D eigenvalue weighted by atomic mass is 10.2. The summed E-state index contributed by atoms with van der Waals surface area (Å²) in [6.07, 6.45) is 0. The molecule has 0 aliphatic carbocycles. The van der Waals surface area contributed by atoms with Crippen molar-refractivity contribution in [3.05, 3.63) is 62.3 Å². The van der Waals surface area contributed by atoms with Gasteiger partial charge < -0.3 is 4.74 Å². The van der Waals surface area contributed by atoms with E-state index < -0.39 is 5.82 Å². The number of ether oxygens (including phenoxy) is 1. The van der Waals surface area contributed by atoms with Crippen LogP contribution in [0.2, 0.25) is 10.0 Å². The van der Waals surface area contributed by atoms with Crippen LogP contribution in [0.15, 0.2) is 40.9 Å². The van der Waals surface area contributed by atoms with Crippen LogP contribution < -0.4 is 4.74 Å². The third-order valence-electron chi connectivity index (χ3n) is 2.27. The molecule has 18 heavy (non-hydrogen) atoms. The van der Waals surface area contributed by atoms with E-state index >= 15 is 0 Å². The third kappa shape index (κ3) is 3.37. The maximum absolute atomic E-state index is 13.2. The van der Waals surface area contributed by atoms with Crippen molar-refractivity contribution < 1.29 is 9.13 Å². The van der Waals surface area contributed by atoms with E-state index in [0.717, 1.165) is 4.47 Å². The first-order valence-corrected chi connectivity index (χ1v) is 6.63. The maximum atomic E-state index is 13.2. The largest absolute Gasteiger partial charge is 0.487 e. The van der Waals surface area contributed by atoms with Crippen molar-refractivity contribution >= 4 is 39.1 Å². The van der Waals surface area contributed by atoms with E-state index in [0.29, 0.717) is 16.3 Å². The second-order valence-electron chi connectivity index (χ2n) is 3.61. The zero-order valence-electron chi connectivity index (χ0n) is 9.09. The van der Waals surface area contributed by atoms with Crippen LogP contribution in [0.5, 0.6) is 5.75 Å². The Balaban J connectivity index is 2.11. The van der Waals surface area contributed by atoms with Crippen LogP contribution in [-0.2, 0) is 6.61 Å². The van der Waals surface area contributed by atoms with E-state index in [1.165, 1.54) is 12.1 Å². The Labute approximate surface area is 123 Å². The summed E-state index contributed by atoms with van der Waals surface area (Å²) in [5.74, 6) is 0.0829. The number of rotatable bonds is 3. The van der Waals surface area contributed by atoms with E-state index in [2.05, 4.69) is 15.9 Å². The minimum absolute atomic E-state index is 0.0965. The van der Waals surface area contributed by atoms with Crippen molar-refractivity contribution in [2.45, 2.75) is 6.61 Å². The van der Waals surface area contributed by atoms with Gasteiger partial charge in [0.15, 0.2) is 0 Å². The summed E-state index contributed by atoms with van der Waals surface area (Å²) in [5, 5.41) is 0.604. The van der Waals surface area contributed by atoms with Gasteiger partial charge in [0, 0.05) is 4.47 Å². The normalized spacial score (nSPS) is 10.4. The van der Waals surface area contributed by atoms with Gasteiger partial charge in [-0.3, -0.25) is 0 Å². The van der Waals surface area contributed by atoms with Gasteiger partial charge in [0.25, 0.3) is 0 Å². The molecule has 0 unspecified atom stereocenters. The fraction of sp³-hybridized carbons (Fsp3) is 0.0769. The molecule has 0 aromatic heterocycles.